The summed E-state index contributed by atoms with van der Waals surface area (Å²) >= 11 is 0. The van der Waals surface area contributed by atoms with Crippen molar-refractivity contribution in [3.8, 4) is 11.3 Å². The summed E-state index contributed by atoms with van der Waals surface area (Å²) in [5.41, 5.74) is 3.51. The van der Waals surface area contributed by atoms with Gasteiger partial charge in [-0.2, -0.15) is 0 Å². The van der Waals surface area contributed by atoms with Crippen LogP contribution in [0.1, 0.15) is 25.0 Å². The average molecular weight is 470 g/mol. The zero-order valence-corrected chi connectivity index (χ0v) is 20.7. The summed E-state index contributed by atoms with van der Waals surface area (Å²) in [6.45, 7) is 6.02. The van der Waals surface area contributed by atoms with Crippen molar-refractivity contribution in [2.24, 2.45) is 5.92 Å². The lowest BCUT2D eigenvalue weighted by Gasteiger charge is -2.42. The Balaban J connectivity index is 1.81. The largest absolute Gasteiger partial charge is 0.437 e. The van der Waals surface area contributed by atoms with Crippen LogP contribution in [0.4, 0.5) is 0 Å². The zero-order valence-electron chi connectivity index (χ0n) is 20.7. The van der Waals surface area contributed by atoms with Gasteiger partial charge < -0.3 is 14.9 Å². The normalized spacial score (nSPS) is 13.3. The molecule has 0 fully saturated rings. The number of pyridine rings is 1. The summed E-state index contributed by atoms with van der Waals surface area (Å²) in [4.78, 5) is 15.4. The number of aliphatic hydroxyl groups is 1. The van der Waals surface area contributed by atoms with Crippen molar-refractivity contribution in [1.82, 2.24) is 15.3 Å². The van der Waals surface area contributed by atoms with E-state index in [0.717, 1.165) is 28.6 Å². The third-order valence-corrected chi connectivity index (χ3v) is 6.36. The molecule has 8 heteroatoms. The molecule has 0 saturated carbocycles. The number of nitrogens with zero attached hydrogens (tertiary/aromatic N) is 2. The number of carbonyl (C=O) groups excluding carboxylic acids is 1. The van der Waals surface area contributed by atoms with Gasteiger partial charge in [-0.05, 0) is 56.3 Å². The highest BCUT2D eigenvalue weighted by atomic mass is 16.3. The molecule has 0 aliphatic heterocycles. The molecule has 1 aromatic heterocycles. The molecule has 0 spiro atoms. The molecule has 0 amide bonds. The summed E-state index contributed by atoms with van der Waals surface area (Å²) in [5.74, 6) is -0.150. The first-order valence-corrected chi connectivity index (χ1v) is 12.0. The topological polar surface area (TPSA) is 85.7 Å². The molecule has 0 unspecified atom stereocenters. The lowest BCUT2D eigenvalue weighted by molar-refractivity contribution is 0.00504. The van der Waals surface area contributed by atoms with E-state index in [1.807, 2.05) is 65.7 Å². The molecule has 35 heavy (non-hydrogen) atoms. The summed E-state index contributed by atoms with van der Waals surface area (Å²) in [6, 6.07) is 24.0. The van der Waals surface area contributed by atoms with Crippen LogP contribution in [0.25, 0.3) is 11.3 Å². The molecule has 2 atom stereocenters. The van der Waals surface area contributed by atoms with Gasteiger partial charge in [0.25, 0.3) is 0 Å². The highest BCUT2D eigenvalue weighted by Gasteiger charge is 2.33. The number of hydrogen-bond donors (Lipinski definition) is 3. The number of carbonyl (C=O) groups is 1. The van der Waals surface area contributed by atoms with E-state index >= 15 is 0 Å². The van der Waals surface area contributed by atoms with Crippen molar-refractivity contribution in [2.45, 2.75) is 45.1 Å². The third-order valence-electron chi connectivity index (χ3n) is 6.36. The molecule has 2 aromatic carbocycles. The summed E-state index contributed by atoms with van der Waals surface area (Å²) in [7, 11) is 0.758. The Hall–Kier alpha value is -2.77. The van der Waals surface area contributed by atoms with E-state index < -0.39 is 18.7 Å². The van der Waals surface area contributed by atoms with Gasteiger partial charge in [0, 0.05) is 18.3 Å². The maximum absolute atomic E-state index is 11.3. The Morgan fingerprint density at radius 2 is 1.77 bits per heavy atom. The number of hydrogen-bond acceptors (Lipinski definition) is 6. The standard InChI is InChI=1S/C27H34B2N3O3/c1-27(2,24-14-12-22(13-15-24)25-11-7-8-16-30-25)32(31-29(3)35)19-26(34)23(18-28-20-33)17-21-9-5-4-6-10-21/h4-16,20,23,26,31,34-35H,17-19H2,1-3H3/t23-,26+/m1/s1. The fraction of sp³-hybridized carbons (Fsp3) is 0.333. The maximum Gasteiger partial charge on any atom is 0.388 e. The van der Waals surface area contributed by atoms with Crippen LogP contribution >= 0.6 is 0 Å². The van der Waals surface area contributed by atoms with E-state index in [1.165, 1.54) is 0 Å². The van der Waals surface area contributed by atoms with Gasteiger partial charge in [0.15, 0.2) is 7.28 Å². The van der Waals surface area contributed by atoms with Gasteiger partial charge in [0.1, 0.15) is 0 Å². The highest BCUT2D eigenvalue weighted by Crippen LogP contribution is 2.30. The number of rotatable bonds is 13. The smallest absolute Gasteiger partial charge is 0.388 e. The van der Waals surface area contributed by atoms with Crippen LogP contribution in [0, 0.1) is 5.92 Å². The minimum absolute atomic E-state index is 0.150. The molecule has 181 valence electrons. The monoisotopic (exact) mass is 470 g/mol. The molecule has 6 nitrogen and oxygen atoms in total. The predicted octanol–water partition coefficient (Wildman–Crippen LogP) is 3.43. The van der Waals surface area contributed by atoms with Crippen LogP contribution in [0.2, 0.25) is 13.1 Å². The molecule has 1 heterocycles. The van der Waals surface area contributed by atoms with Crippen molar-refractivity contribution >= 4 is 20.5 Å². The van der Waals surface area contributed by atoms with E-state index in [0.29, 0.717) is 12.7 Å². The van der Waals surface area contributed by atoms with E-state index in [1.54, 1.807) is 20.3 Å². The molecule has 0 saturated heterocycles. The number of nitrogens with one attached hydrogen (secondary N) is 1. The first kappa shape index (κ1) is 26.8. The molecule has 3 rings (SSSR count). The molecule has 3 aromatic rings. The maximum atomic E-state index is 11.3. The van der Waals surface area contributed by atoms with E-state index in [-0.39, 0.29) is 12.5 Å². The van der Waals surface area contributed by atoms with Crippen molar-refractivity contribution in [3.05, 3.63) is 90.1 Å². The molecule has 0 bridgehead atoms. The van der Waals surface area contributed by atoms with Crippen LogP contribution in [0.5, 0.6) is 0 Å². The predicted molar refractivity (Wildman–Crippen MR) is 143 cm³/mol. The Bertz CT molecular complexity index is 1030. The van der Waals surface area contributed by atoms with Crippen molar-refractivity contribution in [3.63, 3.8) is 0 Å². The second-order valence-corrected chi connectivity index (χ2v) is 9.39. The lowest BCUT2D eigenvalue weighted by Crippen LogP contribution is -2.58. The number of aromatic nitrogens is 1. The van der Waals surface area contributed by atoms with E-state index in [4.69, 9.17) is 0 Å². The molecular formula is C27H34B2N3O3. The fourth-order valence-corrected chi connectivity index (χ4v) is 4.27. The van der Waals surface area contributed by atoms with Crippen LogP contribution in [0.15, 0.2) is 79.0 Å². The molecule has 1 radical (unpaired) electrons. The Morgan fingerprint density at radius 3 is 2.37 bits per heavy atom. The minimum atomic E-state index is -0.802. The second kappa shape index (κ2) is 12.8. The molecular weight excluding hydrogens is 436 g/mol. The van der Waals surface area contributed by atoms with Crippen LogP contribution < -0.4 is 5.34 Å². The Morgan fingerprint density at radius 1 is 1.09 bits per heavy atom. The average Bonchev–Trinajstić information content (AvgIpc) is 2.87. The Labute approximate surface area is 209 Å². The van der Waals surface area contributed by atoms with Crippen LogP contribution in [0.3, 0.4) is 0 Å². The van der Waals surface area contributed by atoms with Crippen molar-refractivity contribution < 1.29 is 14.9 Å². The minimum Gasteiger partial charge on any atom is -0.437 e. The quantitative estimate of drug-likeness (QED) is 0.202. The van der Waals surface area contributed by atoms with Crippen LogP contribution in [-0.2, 0) is 16.8 Å². The Kier molecular flexibility index (Phi) is 9.81. The first-order chi connectivity index (χ1) is 16.8. The van der Waals surface area contributed by atoms with Gasteiger partial charge in [-0.1, -0.05) is 67.0 Å². The fourth-order valence-electron chi connectivity index (χ4n) is 4.27. The highest BCUT2D eigenvalue weighted by molar-refractivity contribution is 6.66. The van der Waals surface area contributed by atoms with Gasteiger partial charge in [-0.25, -0.2) is 5.01 Å². The summed E-state index contributed by atoms with van der Waals surface area (Å²) in [5, 5.41) is 26.4. The van der Waals surface area contributed by atoms with Gasteiger partial charge >= 0.3 is 7.05 Å². The van der Waals surface area contributed by atoms with Crippen molar-refractivity contribution in [2.75, 3.05) is 6.54 Å². The van der Waals surface area contributed by atoms with E-state index in [9.17, 15) is 14.9 Å². The molecule has 0 aliphatic carbocycles. The van der Waals surface area contributed by atoms with Gasteiger partial charge in [0.05, 0.1) is 23.5 Å². The van der Waals surface area contributed by atoms with Gasteiger partial charge in [-0.3, -0.25) is 10.3 Å². The summed E-state index contributed by atoms with van der Waals surface area (Å²) < 4.78 is 0. The van der Waals surface area contributed by atoms with Crippen molar-refractivity contribution in [1.29, 1.82) is 0 Å². The third kappa shape index (κ3) is 7.61. The summed E-state index contributed by atoms with van der Waals surface area (Å²) in [6.07, 6.45) is 2.94. The second-order valence-electron chi connectivity index (χ2n) is 9.39. The number of hydrazine groups is 1. The lowest BCUT2D eigenvalue weighted by atomic mass is 9.68. The van der Waals surface area contributed by atoms with Crippen LogP contribution in [-0.4, -0.2) is 53.3 Å². The van der Waals surface area contributed by atoms with Gasteiger partial charge in [-0.15, -0.1) is 0 Å². The van der Waals surface area contributed by atoms with Gasteiger partial charge in [0.2, 0.25) is 0 Å². The number of aliphatic hydroxyl groups excluding tert-OH is 1. The molecule has 0 aliphatic rings. The SMILES string of the molecule is CB(O)NN(C[C@H](O)[C@@H](C[B]C=O)Cc1ccccc1)C(C)(C)c1ccc(-c2ccccn2)cc1. The number of benzene rings is 2. The first-order valence-electron chi connectivity index (χ1n) is 12.0. The zero-order chi connectivity index (χ0) is 25.3. The van der Waals surface area contributed by atoms with E-state index in [2.05, 4.69) is 36.3 Å². The molecule has 3 N–H and O–H groups in total.